The summed E-state index contributed by atoms with van der Waals surface area (Å²) >= 11 is 0. The van der Waals surface area contributed by atoms with Gasteiger partial charge in [0.05, 0.1) is 45.2 Å². The van der Waals surface area contributed by atoms with Gasteiger partial charge in [0.15, 0.2) is 0 Å². The molecule has 9 nitrogen and oxygen atoms in total. The van der Waals surface area contributed by atoms with E-state index in [1.165, 1.54) is 12.1 Å². The van der Waals surface area contributed by atoms with Crippen molar-refractivity contribution in [3.8, 4) is 0 Å². The van der Waals surface area contributed by atoms with Crippen LogP contribution in [-0.2, 0) is 24.3 Å². The Balaban J connectivity index is 1.93. The normalized spacial score (nSPS) is 17.9. The van der Waals surface area contributed by atoms with Crippen LogP contribution in [0.4, 0.5) is 4.39 Å². The zero-order valence-corrected chi connectivity index (χ0v) is 16.0. The summed E-state index contributed by atoms with van der Waals surface area (Å²) in [5.41, 5.74) is 0. The molecule has 0 radical (unpaired) electrons. The SMILES string of the molecule is C[NH+](C)CCNC(=O)C(=O)NC[C@H]1OCCN1S(=O)(=O)c1ccc(F)cc1. The number of quaternary nitrogens is 1. The van der Waals surface area contributed by atoms with Crippen LogP contribution in [0.3, 0.4) is 0 Å². The van der Waals surface area contributed by atoms with Crippen molar-refractivity contribution < 1.29 is 32.0 Å². The minimum absolute atomic E-state index is 0.0744. The Bertz CT molecular complexity index is 770. The Hall–Kier alpha value is -2.08. The van der Waals surface area contributed by atoms with Crippen molar-refractivity contribution in [1.82, 2.24) is 14.9 Å². The molecule has 2 rings (SSSR count). The fourth-order valence-corrected chi connectivity index (χ4v) is 3.96. The molecule has 0 aliphatic carbocycles. The van der Waals surface area contributed by atoms with Gasteiger partial charge in [-0.3, -0.25) is 9.59 Å². The number of amides is 2. The standard InChI is InChI=1S/C16H23FN4O5S/c1-20(2)8-7-18-15(22)16(23)19-11-14-21(9-10-26-14)27(24,25)13-5-3-12(17)4-6-13/h3-6,14H,7-11H2,1-2H3,(H,18,22)(H,19,23)/p+1/t14-/m1/s1. The second-order valence-electron chi connectivity index (χ2n) is 6.32. The molecule has 0 saturated carbocycles. The maximum Gasteiger partial charge on any atom is 0.309 e. The fourth-order valence-electron chi connectivity index (χ4n) is 2.45. The molecular formula is C16H24FN4O5S+. The van der Waals surface area contributed by atoms with E-state index in [0.29, 0.717) is 13.1 Å². The Morgan fingerprint density at radius 3 is 2.48 bits per heavy atom. The van der Waals surface area contributed by atoms with E-state index in [-0.39, 0.29) is 24.6 Å². The third-order valence-corrected chi connectivity index (χ3v) is 5.82. The number of nitrogens with one attached hydrogen (secondary N) is 3. The second-order valence-corrected chi connectivity index (χ2v) is 8.21. The molecule has 1 saturated heterocycles. The predicted octanol–water partition coefficient (Wildman–Crippen LogP) is -2.45. The van der Waals surface area contributed by atoms with Gasteiger partial charge in [0.2, 0.25) is 10.0 Å². The van der Waals surface area contributed by atoms with Crippen LogP contribution in [0.5, 0.6) is 0 Å². The molecule has 0 spiro atoms. The second kappa shape index (κ2) is 9.22. The summed E-state index contributed by atoms with van der Waals surface area (Å²) < 4.78 is 44.8. The van der Waals surface area contributed by atoms with Crippen molar-refractivity contribution in [2.45, 2.75) is 11.1 Å². The highest BCUT2D eigenvalue weighted by Crippen LogP contribution is 2.22. The first-order valence-corrected chi connectivity index (χ1v) is 9.90. The number of nitrogens with zero attached hydrogens (tertiary/aromatic N) is 1. The van der Waals surface area contributed by atoms with E-state index in [1.807, 2.05) is 14.1 Å². The molecule has 0 unspecified atom stereocenters. The average molecular weight is 403 g/mol. The number of carbonyl (C=O) groups excluding carboxylic acids is 2. The fraction of sp³-hybridized carbons (Fsp3) is 0.500. The average Bonchev–Trinajstić information content (AvgIpc) is 3.09. The smallest absolute Gasteiger partial charge is 0.309 e. The van der Waals surface area contributed by atoms with Crippen LogP contribution < -0.4 is 15.5 Å². The third kappa shape index (κ3) is 5.70. The third-order valence-electron chi connectivity index (χ3n) is 3.92. The van der Waals surface area contributed by atoms with Gasteiger partial charge in [-0.1, -0.05) is 0 Å². The van der Waals surface area contributed by atoms with Gasteiger partial charge in [-0.15, -0.1) is 0 Å². The van der Waals surface area contributed by atoms with Crippen LogP contribution >= 0.6 is 0 Å². The molecule has 1 aliphatic heterocycles. The highest BCUT2D eigenvalue weighted by molar-refractivity contribution is 7.89. The maximum absolute atomic E-state index is 13.0. The molecule has 0 bridgehead atoms. The van der Waals surface area contributed by atoms with Gasteiger partial charge in [-0.2, -0.15) is 4.31 Å². The number of carbonyl (C=O) groups is 2. The number of halogens is 1. The summed E-state index contributed by atoms with van der Waals surface area (Å²) in [5, 5.41) is 4.86. The van der Waals surface area contributed by atoms with E-state index >= 15 is 0 Å². The minimum atomic E-state index is -3.91. The molecule has 2 amide bonds. The number of likely N-dealkylation sites (N-methyl/N-ethyl adjacent to an activating group) is 1. The van der Waals surface area contributed by atoms with E-state index in [4.69, 9.17) is 4.74 Å². The quantitative estimate of drug-likeness (QED) is 0.438. The Kier molecular flexibility index (Phi) is 7.25. The van der Waals surface area contributed by atoms with E-state index in [9.17, 15) is 22.4 Å². The van der Waals surface area contributed by atoms with Crippen molar-refractivity contribution >= 4 is 21.8 Å². The molecule has 11 heteroatoms. The largest absolute Gasteiger partial charge is 0.359 e. The summed E-state index contributed by atoms with van der Waals surface area (Å²) in [5.74, 6) is -2.20. The summed E-state index contributed by atoms with van der Waals surface area (Å²) in [7, 11) is -0.0765. The lowest BCUT2D eigenvalue weighted by atomic mass is 10.4. The van der Waals surface area contributed by atoms with Crippen LogP contribution in [0.15, 0.2) is 29.2 Å². The zero-order chi connectivity index (χ0) is 20.0. The first-order valence-electron chi connectivity index (χ1n) is 8.46. The number of ether oxygens (including phenoxy) is 1. The van der Waals surface area contributed by atoms with Crippen LogP contribution in [0.1, 0.15) is 0 Å². The maximum atomic E-state index is 13.0. The molecule has 1 aromatic carbocycles. The summed E-state index contributed by atoms with van der Waals surface area (Å²) in [6.07, 6.45) is -0.942. The summed E-state index contributed by atoms with van der Waals surface area (Å²) in [6.45, 7) is 1.08. The molecule has 1 fully saturated rings. The lowest BCUT2D eigenvalue weighted by Crippen LogP contribution is -3.06. The van der Waals surface area contributed by atoms with Gasteiger partial charge in [-0.25, -0.2) is 12.8 Å². The molecule has 1 aromatic rings. The van der Waals surface area contributed by atoms with Gasteiger partial charge < -0.3 is 20.3 Å². The highest BCUT2D eigenvalue weighted by atomic mass is 32.2. The lowest BCUT2D eigenvalue weighted by molar-refractivity contribution is -0.856. The van der Waals surface area contributed by atoms with Crippen LogP contribution in [0.25, 0.3) is 0 Å². The number of benzene rings is 1. The molecule has 1 aliphatic rings. The first-order chi connectivity index (χ1) is 12.7. The Morgan fingerprint density at radius 1 is 1.22 bits per heavy atom. The minimum Gasteiger partial charge on any atom is -0.359 e. The van der Waals surface area contributed by atoms with Gasteiger partial charge in [0.1, 0.15) is 12.0 Å². The monoisotopic (exact) mass is 403 g/mol. The zero-order valence-electron chi connectivity index (χ0n) is 15.2. The molecule has 1 heterocycles. The van der Waals surface area contributed by atoms with Crippen molar-refractivity contribution in [3.05, 3.63) is 30.1 Å². The molecule has 150 valence electrons. The number of hydrogen-bond acceptors (Lipinski definition) is 5. The Morgan fingerprint density at radius 2 is 1.85 bits per heavy atom. The van der Waals surface area contributed by atoms with E-state index in [2.05, 4.69) is 10.6 Å². The number of sulfonamides is 1. The number of rotatable bonds is 7. The van der Waals surface area contributed by atoms with Gasteiger partial charge in [0.25, 0.3) is 0 Å². The van der Waals surface area contributed by atoms with Gasteiger partial charge in [0, 0.05) is 6.54 Å². The Labute approximate surface area is 157 Å². The van der Waals surface area contributed by atoms with Crippen LogP contribution in [-0.4, -0.2) is 77.6 Å². The predicted molar refractivity (Wildman–Crippen MR) is 93.7 cm³/mol. The van der Waals surface area contributed by atoms with Crippen molar-refractivity contribution in [2.75, 3.05) is 46.9 Å². The molecule has 1 atom stereocenters. The first kappa shape index (κ1) is 21.2. The molecular weight excluding hydrogens is 379 g/mol. The van der Waals surface area contributed by atoms with Gasteiger partial charge >= 0.3 is 11.8 Å². The van der Waals surface area contributed by atoms with Crippen molar-refractivity contribution in [3.63, 3.8) is 0 Å². The van der Waals surface area contributed by atoms with Crippen molar-refractivity contribution in [1.29, 1.82) is 0 Å². The molecule has 27 heavy (non-hydrogen) atoms. The lowest BCUT2D eigenvalue weighted by Gasteiger charge is -2.22. The summed E-state index contributed by atoms with van der Waals surface area (Å²) in [4.78, 5) is 24.6. The van der Waals surface area contributed by atoms with E-state index < -0.39 is 33.9 Å². The highest BCUT2D eigenvalue weighted by Gasteiger charge is 2.36. The topological polar surface area (TPSA) is 109 Å². The van der Waals surface area contributed by atoms with E-state index in [1.54, 1.807) is 0 Å². The van der Waals surface area contributed by atoms with E-state index in [0.717, 1.165) is 21.3 Å². The summed E-state index contributed by atoms with van der Waals surface area (Å²) in [6, 6.07) is 4.44. The molecule has 0 aromatic heterocycles. The van der Waals surface area contributed by atoms with Crippen LogP contribution in [0.2, 0.25) is 0 Å². The number of hydrogen-bond donors (Lipinski definition) is 3. The van der Waals surface area contributed by atoms with Gasteiger partial charge in [-0.05, 0) is 24.3 Å². The molecule has 3 N–H and O–H groups in total. The van der Waals surface area contributed by atoms with Crippen molar-refractivity contribution in [2.24, 2.45) is 0 Å². The van der Waals surface area contributed by atoms with Crippen LogP contribution in [0, 0.1) is 5.82 Å².